The van der Waals surface area contributed by atoms with Gasteiger partial charge in [0.2, 0.25) is 0 Å². The lowest BCUT2D eigenvalue weighted by Crippen LogP contribution is -2.44. The fraction of sp³-hybridized carbons (Fsp3) is 0.203. The highest BCUT2D eigenvalue weighted by Crippen LogP contribution is 2.32. The van der Waals surface area contributed by atoms with Gasteiger partial charge in [0.25, 0.3) is 0 Å². The highest BCUT2D eigenvalue weighted by molar-refractivity contribution is 9.11. The lowest BCUT2D eigenvalue weighted by atomic mass is 9.90. The molecule has 7 heterocycles. The van der Waals surface area contributed by atoms with Crippen LogP contribution >= 0.6 is 31.9 Å². The van der Waals surface area contributed by atoms with Crippen LogP contribution in [-0.4, -0.2) is 148 Å². The number of esters is 2. The summed E-state index contributed by atoms with van der Waals surface area (Å²) in [5.74, 6) is -3.36. The summed E-state index contributed by atoms with van der Waals surface area (Å²) in [6, 6.07) is 50.7. The zero-order chi connectivity index (χ0) is 75.1. The van der Waals surface area contributed by atoms with Crippen molar-refractivity contribution in [2.75, 3.05) is 39.6 Å². The van der Waals surface area contributed by atoms with E-state index in [-0.39, 0.29) is 52.9 Å². The van der Waals surface area contributed by atoms with Crippen molar-refractivity contribution in [1.82, 2.24) is 34.9 Å². The minimum atomic E-state index is -1.17. The number of carboxylic acid groups (broad SMARTS) is 2. The van der Waals surface area contributed by atoms with Gasteiger partial charge in [-0.3, -0.25) is 34.9 Å². The van der Waals surface area contributed by atoms with Gasteiger partial charge in [-0.1, -0.05) is 49.5 Å². The monoisotopic (exact) mass is 1530 g/mol. The maximum absolute atomic E-state index is 12.4. The fourth-order valence-electron chi connectivity index (χ4n) is 8.73. The Labute approximate surface area is 621 Å². The van der Waals surface area contributed by atoms with E-state index < -0.39 is 48.3 Å². The zero-order valence-electron chi connectivity index (χ0n) is 57.5. The second kappa shape index (κ2) is 44.2. The number of rotatable bonds is 24. The number of benzene rings is 4. The summed E-state index contributed by atoms with van der Waals surface area (Å²) < 4.78 is 27.9. The number of halogens is 2. The first-order valence-electron chi connectivity index (χ1n) is 32.1. The molecule has 11 rings (SSSR count). The predicted octanol–water partition coefficient (Wildman–Crippen LogP) is 12.3. The van der Waals surface area contributed by atoms with Crippen LogP contribution in [0.25, 0.3) is 66.8 Å². The van der Waals surface area contributed by atoms with Gasteiger partial charge in [0.15, 0.2) is 0 Å². The average molecular weight is 1540 g/mol. The Hall–Kier alpha value is -10.4. The van der Waals surface area contributed by atoms with Gasteiger partial charge < -0.3 is 54.3 Å². The van der Waals surface area contributed by atoms with Crippen molar-refractivity contribution in [1.29, 1.82) is 0 Å². The van der Waals surface area contributed by atoms with E-state index in [2.05, 4.69) is 89.7 Å². The molecule has 0 aliphatic rings. The number of nitrogens with zero attached hydrogens (tertiary/aromatic N) is 7. The van der Waals surface area contributed by atoms with Gasteiger partial charge in [0.1, 0.15) is 47.5 Å². The average Bonchev–Trinajstić information content (AvgIpc) is 0.830. The number of pyridine rings is 7. The Bertz CT molecular complexity index is 4020. The Morgan fingerprint density at radius 3 is 0.808 bits per heavy atom. The van der Waals surface area contributed by atoms with Gasteiger partial charge in [-0.05, 0) is 262 Å². The molecule has 11 aromatic rings. The summed E-state index contributed by atoms with van der Waals surface area (Å²) >= 11 is 6.63. The van der Waals surface area contributed by atoms with E-state index in [4.69, 9.17) is 52.3 Å². The molecule has 22 nitrogen and oxygen atoms in total. The van der Waals surface area contributed by atoms with E-state index >= 15 is 0 Å². The molecule has 0 aliphatic carbocycles. The number of aromatic nitrogens is 7. The number of aliphatic hydroxyl groups excluding tert-OH is 2. The van der Waals surface area contributed by atoms with Crippen LogP contribution in [0.2, 0.25) is 0 Å². The van der Waals surface area contributed by atoms with E-state index in [1.807, 2.05) is 127 Å². The molecule has 0 fully saturated rings. The van der Waals surface area contributed by atoms with Crippen LogP contribution in [0.5, 0.6) is 0 Å². The number of hydrogen-bond donors (Lipinski definition) is 6. The number of ether oxygens (including phenoxy) is 5. The van der Waals surface area contributed by atoms with Crippen LogP contribution in [0.3, 0.4) is 0 Å². The molecule has 2 radical (unpaired) electrons. The third-order valence-corrected chi connectivity index (χ3v) is 15.5. The van der Waals surface area contributed by atoms with Crippen molar-refractivity contribution < 1.29 is 73.5 Å². The summed E-state index contributed by atoms with van der Waals surface area (Å²) in [7, 11) is 5.32. The summed E-state index contributed by atoms with van der Waals surface area (Å²) in [4.78, 5) is 72.4. The molecule has 25 heteroatoms. The van der Waals surface area contributed by atoms with Crippen molar-refractivity contribution in [3.05, 3.63) is 276 Å². The maximum Gasteiger partial charge on any atom is 0.332 e. The largest absolute Gasteiger partial charge is 0.480 e. The van der Waals surface area contributed by atoms with Gasteiger partial charge in [-0.2, -0.15) is 0 Å². The van der Waals surface area contributed by atoms with E-state index in [0.717, 1.165) is 103 Å². The van der Waals surface area contributed by atoms with E-state index in [1.165, 1.54) is 0 Å². The Morgan fingerprint density at radius 1 is 0.346 bits per heavy atom. The second-order valence-electron chi connectivity index (χ2n) is 23.4. The van der Waals surface area contributed by atoms with Crippen LogP contribution in [0.1, 0.15) is 49.9 Å². The molecule has 4 aromatic carbocycles. The Kier molecular flexibility index (Phi) is 35.0. The van der Waals surface area contributed by atoms with E-state index in [0.29, 0.717) is 0 Å². The third kappa shape index (κ3) is 31.0. The van der Waals surface area contributed by atoms with Gasteiger partial charge in [-0.15, -0.1) is 0 Å². The SMILES string of the molecule is CC(C)(O)C(C)(C)O.O=C(COCCOCC(=O)OCc1cc(-c2ccncc2)cc(-c2ccncc2)c1)OCc1cc(-c2ccncc2)cc(-c2ccncc2)c1.O=C(O)COCC(=O)O.OCc1cc(-c2ccncc2)cc(-c2ccncc2)c1.OCc1cc(Br)cc(Br)c1.[B]c1ccncc1. The summed E-state index contributed by atoms with van der Waals surface area (Å²) in [5.41, 5.74) is 14.5. The number of aliphatic carboxylic acids is 2. The van der Waals surface area contributed by atoms with Crippen molar-refractivity contribution >= 4 is 69.0 Å². The quantitative estimate of drug-likeness (QED) is 0.0186. The van der Waals surface area contributed by atoms with Gasteiger partial charge in [-0.25, -0.2) is 19.2 Å². The Morgan fingerprint density at radius 2 is 0.587 bits per heavy atom. The van der Waals surface area contributed by atoms with Crippen LogP contribution in [0, 0.1) is 0 Å². The fourth-order valence-corrected chi connectivity index (χ4v) is 10.1. The van der Waals surface area contributed by atoms with Crippen molar-refractivity contribution in [2.45, 2.75) is 65.3 Å². The number of aliphatic hydroxyl groups is 4. The highest BCUT2D eigenvalue weighted by atomic mass is 79.9. The first kappa shape index (κ1) is 82.5. The molecule has 0 unspecified atom stereocenters. The number of hydrogen-bond acceptors (Lipinski definition) is 20. The molecule has 0 saturated heterocycles. The first-order valence-corrected chi connectivity index (χ1v) is 33.6. The van der Waals surface area contributed by atoms with Crippen LogP contribution in [0.15, 0.2) is 253 Å². The molecule has 104 heavy (non-hydrogen) atoms. The normalized spacial score (nSPS) is 10.6. The molecule has 0 atom stereocenters. The molecule has 7 aromatic heterocycles. The molecular formula is C79H78BBr2N7O15. The predicted molar refractivity (Wildman–Crippen MR) is 402 cm³/mol. The van der Waals surface area contributed by atoms with E-state index in [1.54, 1.807) is 127 Å². The molecule has 0 aliphatic heterocycles. The van der Waals surface area contributed by atoms with Crippen molar-refractivity contribution in [2.24, 2.45) is 0 Å². The third-order valence-electron chi connectivity index (χ3n) is 14.6. The van der Waals surface area contributed by atoms with Gasteiger partial charge in [0, 0.05) is 95.7 Å². The van der Waals surface area contributed by atoms with Crippen LogP contribution in [0.4, 0.5) is 0 Å². The molecule has 536 valence electrons. The van der Waals surface area contributed by atoms with Gasteiger partial charge in [0.05, 0.1) is 37.6 Å². The molecular weight excluding hydrogens is 1460 g/mol. The second-order valence-corrected chi connectivity index (χ2v) is 25.2. The van der Waals surface area contributed by atoms with Crippen LogP contribution in [-0.2, 0) is 69.3 Å². The lowest BCUT2D eigenvalue weighted by Gasteiger charge is -2.31. The molecule has 0 amide bonds. The number of carboxylic acids is 2. The summed E-state index contributed by atoms with van der Waals surface area (Å²) in [5, 5.41) is 52.2. The molecule has 0 saturated carbocycles. The molecule has 0 spiro atoms. The maximum atomic E-state index is 12.4. The zero-order valence-corrected chi connectivity index (χ0v) is 60.7. The van der Waals surface area contributed by atoms with Crippen molar-refractivity contribution in [3.8, 4) is 66.8 Å². The summed E-state index contributed by atoms with van der Waals surface area (Å²) in [6.45, 7) is 5.16. The summed E-state index contributed by atoms with van der Waals surface area (Å²) in [6.07, 6.45) is 24.3. The lowest BCUT2D eigenvalue weighted by molar-refractivity contribution is -0.154. The number of carbonyl (C=O) groups is 4. The van der Waals surface area contributed by atoms with Crippen molar-refractivity contribution in [3.63, 3.8) is 0 Å². The topological polar surface area (TPSA) is 326 Å². The highest BCUT2D eigenvalue weighted by Gasteiger charge is 2.32. The first-order chi connectivity index (χ1) is 50.0. The molecule has 0 bridgehead atoms. The van der Waals surface area contributed by atoms with E-state index in [9.17, 15) is 24.3 Å². The minimum absolute atomic E-state index is 0.0248. The Balaban J connectivity index is 0.000000252. The smallest absolute Gasteiger partial charge is 0.332 e. The number of carbonyl (C=O) groups excluding carboxylic acids is 2. The minimum Gasteiger partial charge on any atom is -0.480 e. The standard InChI is InChI=1S/C40H34N4O6.C17H14N2O.C7H6Br2O.C6H14O2.C5H4BN.C4H6O5/c45-39(49-25-29-19-35(31-1-9-41-10-2-31)23-36(20-29)32-3-11-42-12-4-32)27-47-17-18-48-28-40(46)50-26-30-21-37(33-5-13-43-14-6-33)24-38(22-30)34-7-15-44-16-8-34;20-12-13-9-16(14-1-5-18-6-2-14)11-17(10-13)15-3-7-19-8-4-15;8-6-1-5(4-10)2-7(9)3-6;1-5(2,7)6(3,4)8;6-5-1-3-7-4-2-5;5-3(6)1-9-2-4(7)8/h1-16,19-24H,17-18,25-28H2;1-11,20H,12H2;1-3,10H,4H2;7-8H,1-4H3;1-4H;1-2H2,(H,5,6)(H,7,8). The van der Waals surface area contributed by atoms with Crippen LogP contribution < -0.4 is 5.46 Å². The molecule has 6 N–H and O–H groups in total. The van der Waals surface area contributed by atoms with Gasteiger partial charge >= 0.3 is 23.9 Å².